The fourth-order valence-electron chi connectivity index (χ4n) is 3.36. The van der Waals surface area contributed by atoms with Gasteiger partial charge in [-0.15, -0.1) is 0 Å². The lowest BCUT2D eigenvalue weighted by atomic mass is 10.0. The van der Waals surface area contributed by atoms with E-state index in [1.54, 1.807) is 7.11 Å². The molecule has 2 N–H and O–H groups in total. The van der Waals surface area contributed by atoms with Gasteiger partial charge in [-0.25, -0.2) is 0 Å². The van der Waals surface area contributed by atoms with E-state index >= 15 is 0 Å². The molecule has 2 rings (SSSR count). The summed E-state index contributed by atoms with van der Waals surface area (Å²) in [5.41, 5.74) is 7.40. The van der Waals surface area contributed by atoms with E-state index in [1.165, 1.54) is 37.7 Å². The van der Waals surface area contributed by atoms with Gasteiger partial charge in [0.15, 0.2) is 0 Å². The summed E-state index contributed by atoms with van der Waals surface area (Å²) in [6, 6.07) is 9.35. The summed E-state index contributed by atoms with van der Waals surface area (Å²) in [7, 11) is 1.72. The normalized spacial score (nSPS) is 22.2. The molecule has 1 fully saturated rings. The smallest absolute Gasteiger partial charge is 0.119 e. The van der Waals surface area contributed by atoms with Crippen molar-refractivity contribution in [2.75, 3.05) is 20.2 Å². The van der Waals surface area contributed by atoms with Crippen molar-refractivity contribution in [3.8, 4) is 5.75 Å². The van der Waals surface area contributed by atoms with E-state index in [-0.39, 0.29) is 0 Å². The summed E-state index contributed by atoms with van der Waals surface area (Å²) >= 11 is 0. The van der Waals surface area contributed by atoms with Crippen LogP contribution in [0, 0.1) is 0 Å². The number of methoxy groups -OCH3 is 1. The van der Waals surface area contributed by atoms with Crippen molar-refractivity contribution in [2.45, 2.75) is 51.1 Å². The van der Waals surface area contributed by atoms with Crippen LogP contribution in [-0.4, -0.2) is 31.1 Å². The van der Waals surface area contributed by atoms with Gasteiger partial charge in [0.1, 0.15) is 5.75 Å². The molecular formula is C17H28N2O. The average Bonchev–Trinajstić information content (AvgIpc) is 2.74. The van der Waals surface area contributed by atoms with Crippen LogP contribution in [0.25, 0.3) is 0 Å². The number of nitrogens with zero attached hydrogens (tertiary/aromatic N) is 1. The number of ether oxygens (including phenoxy) is 1. The van der Waals surface area contributed by atoms with Gasteiger partial charge in [-0.3, -0.25) is 4.90 Å². The highest BCUT2D eigenvalue weighted by Crippen LogP contribution is 2.30. The van der Waals surface area contributed by atoms with Gasteiger partial charge in [-0.1, -0.05) is 31.9 Å². The predicted molar refractivity (Wildman–Crippen MR) is 84.0 cm³/mol. The Kier molecular flexibility index (Phi) is 5.86. The van der Waals surface area contributed by atoms with Crippen LogP contribution in [-0.2, 0) is 0 Å². The second kappa shape index (κ2) is 7.65. The highest BCUT2D eigenvalue weighted by Gasteiger charge is 2.27. The molecule has 1 saturated heterocycles. The van der Waals surface area contributed by atoms with Gasteiger partial charge in [-0.05, 0) is 43.5 Å². The third-order valence-electron chi connectivity index (χ3n) is 4.50. The third-order valence-corrected chi connectivity index (χ3v) is 4.50. The Labute approximate surface area is 123 Å². The Morgan fingerprint density at radius 1 is 1.35 bits per heavy atom. The molecule has 0 amide bonds. The van der Waals surface area contributed by atoms with Crippen LogP contribution in [0.1, 0.15) is 50.6 Å². The second-order valence-electron chi connectivity index (χ2n) is 5.68. The van der Waals surface area contributed by atoms with E-state index in [0.717, 1.165) is 12.3 Å². The summed E-state index contributed by atoms with van der Waals surface area (Å²) < 4.78 is 5.36. The number of hydrogen-bond donors (Lipinski definition) is 1. The van der Waals surface area contributed by atoms with Gasteiger partial charge in [0.2, 0.25) is 0 Å². The highest BCUT2D eigenvalue weighted by molar-refractivity contribution is 5.31. The summed E-state index contributed by atoms with van der Waals surface area (Å²) in [6.07, 6.45) is 6.50. The molecule has 1 heterocycles. The Bertz CT molecular complexity index is 408. The van der Waals surface area contributed by atoms with Crippen LogP contribution in [0.15, 0.2) is 24.3 Å². The zero-order valence-corrected chi connectivity index (χ0v) is 12.8. The van der Waals surface area contributed by atoms with Crippen molar-refractivity contribution >= 4 is 0 Å². The van der Waals surface area contributed by atoms with E-state index in [4.69, 9.17) is 10.5 Å². The Morgan fingerprint density at radius 2 is 2.20 bits per heavy atom. The molecule has 2 unspecified atom stereocenters. The third kappa shape index (κ3) is 3.53. The molecule has 1 aromatic rings. The fraction of sp³-hybridized carbons (Fsp3) is 0.647. The van der Waals surface area contributed by atoms with Gasteiger partial charge >= 0.3 is 0 Å². The van der Waals surface area contributed by atoms with E-state index in [2.05, 4.69) is 30.0 Å². The maximum Gasteiger partial charge on any atom is 0.119 e. The van der Waals surface area contributed by atoms with Crippen LogP contribution >= 0.6 is 0 Å². The molecule has 20 heavy (non-hydrogen) atoms. The first-order valence-electron chi connectivity index (χ1n) is 7.90. The molecule has 112 valence electrons. The van der Waals surface area contributed by atoms with Crippen LogP contribution in [0.3, 0.4) is 0 Å². The van der Waals surface area contributed by atoms with Crippen molar-refractivity contribution in [1.29, 1.82) is 0 Å². The topological polar surface area (TPSA) is 38.5 Å². The number of likely N-dealkylation sites (tertiary alicyclic amines) is 1. The van der Waals surface area contributed by atoms with Crippen molar-refractivity contribution in [2.24, 2.45) is 5.73 Å². The number of hydrogen-bond acceptors (Lipinski definition) is 3. The molecule has 0 spiro atoms. The first-order chi connectivity index (χ1) is 9.80. The maximum atomic E-state index is 6.11. The van der Waals surface area contributed by atoms with Crippen molar-refractivity contribution in [1.82, 2.24) is 4.90 Å². The highest BCUT2D eigenvalue weighted by atomic mass is 16.5. The summed E-state index contributed by atoms with van der Waals surface area (Å²) in [6.45, 7) is 4.13. The minimum atomic E-state index is 0.313. The lowest BCUT2D eigenvalue weighted by molar-refractivity contribution is 0.136. The van der Waals surface area contributed by atoms with E-state index in [1.807, 2.05) is 6.07 Å². The first kappa shape index (κ1) is 15.3. The zero-order chi connectivity index (χ0) is 14.4. The Balaban J connectivity index is 2.23. The molecule has 1 aliphatic rings. The van der Waals surface area contributed by atoms with Crippen molar-refractivity contribution in [3.63, 3.8) is 0 Å². The Hall–Kier alpha value is -1.06. The number of nitrogens with two attached hydrogens (primary N) is 1. The quantitative estimate of drug-likeness (QED) is 0.896. The molecule has 3 heteroatoms. The van der Waals surface area contributed by atoms with Gasteiger partial charge in [0.25, 0.3) is 0 Å². The molecule has 0 aromatic heterocycles. The Morgan fingerprint density at radius 3 is 2.90 bits per heavy atom. The molecular weight excluding hydrogens is 248 g/mol. The van der Waals surface area contributed by atoms with Gasteiger partial charge < -0.3 is 10.5 Å². The molecule has 3 nitrogen and oxygen atoms in total. The molecule has 1 aromatic carbocycles. The lowest BCUT2D eigenvalue weighted by Gasteiger charge is -2.36. The van der Waals surface area contributed by atoms with E-state index in [0.29, 0.717) is 18.6 Å². The predicted octanol–water partition coefficient (Wildman–Crippen LogP) is 3.35. The van der Waals surface area contributed by atoms with E-state index < -0.39 is 0 Å². The number of benzene rings is 1. The molecule has 1 aliphatic heterocycles. The summed E-state index contributed by atoms with van der Waals surface area (Å²) in [5.74, 6) is 0.920. The fourth-order valence-corrected chi connectivity index (χ4v) is 3.36. The monoisotopic (exact) mass is 276 g/mol. The molecule has 0 saturated carbocycles. The maximum absolute atomic E-state index is 6.11. The minimum absolute atomic E-state index is 0.313. The molecule has 0 bridgehead atoms. The summed E-state index contributed by atoms with van der Waals surface area (Å²) in [4.78, 5) is 2.63. The standard InChI is InChI=1S/C17H28N2O/c1-3-15-9-5-4-6-11-19(15)17(13-18)14-8-7-10-16(12-14)20-2/h7-8,10,12,15,17H,3-6,9,11,13,18H2,1-2H3. The first-order valence-corrected chi connectivity index (χ1v) is 7.90. The lowest BCUT2D eigenvalue weighted by Crippen LogP contribution is -2.41. The van der Waals surface area contributed by atoms with Gasteiger partial charge in [0, 0.05) is 18.6 Å². The number of rotatable bonds is 5. The average molecular weight is 276 g/mol. The molecule has 0 aliphatic carbocycles. The van der Waals surface area contributed by atoms with Crippen molar-refractivity contribution in [3.05, 3.63) is 29.8 Å². The van der Waals surface area contributed by atoms with Crippen molar-refractivity contribution < 1.29 is 4.74 Å². The van der Waals surface area contributed by atoms with Gasteiger partial charge in [0.05, 0.1) is 7.11 Å². The van der Waals surface area contributed by atoms with E-state index in [9.17, 15) is 0 Å². The zero-order valence-electron chi connectivity index (χ0n) is 12.8. The molecule has 0 radical (unpaired) electrons. The van der Waals surface area contributed by atoms with Crippen LogP contribution in [0.4, 0.5) is 0 Å². The van der Waals surface area contributed by atoms with Crippen LogP contribution in [0.2, 0.25) is 0 Å². The van der Waals surface area contributed by atoms with Gasteiger partial charge in [-0.2, -0.15) is 0 Å². The SMILES string of the molecule is CCC1CCCCCN1C(CN)c1cccc(OC)c1. The molecule has 2 atom stereocenters. The summed E-state index contributed by atoms with van der Waals surface area (Å²) in [5, 5.41) is 0. The minimum Gasteiger partial charge on any atom is -0.497 e. The largest absolute Gasteiger partial charge is 0.497 e. The van der Waals surface area contributed by atoms with Crippen LogP contribution in [0.5, 0.6) is 5.75 Å². The second-order valence-corrected chi connectivity index (χ2v) is 5.68. The van der Waals surface area contributed by atoms with Crippen LogP contribution < -0.4 is 10.5 Å².